The molecule has 1 aromatic carbocycles. The minimum atomic E-state index is -0.266. The molecular weight excluding hydrogens is 309 g/mol. The molecule has 0 atom stereocenters. The molecule has 0 aliphatic carbocycles. The van der Waals surface area contributed by atoms with Crippen LogP contribution in [0.2, 0.25) is 0 Å². The summed E-state index contributed by atoms with van der Waals surface area (Å²) in [5.74, 6) is -0.266. The van der Waals surface area contributed by atoms with Crippen LogP contribution in [0.5, 0.6) is 0 Å². The van der Waals surface area contributed by atoms with Gasteiger partial charge < -0.3 is 5.32 Å². The maximum Gasteiger partial charge on any atom is 0.124 e. The third-order valence-electron chi connectivity index (χ3n) is 2.60. The van der Waals surface area contributed by atoms with Crippen molar-refractivity contribution in [2.75, 3.05) is 0 Å². The first-order chi connectivity index (χ1) is 8.85. The number of hydrogen-bond acceptors (Lipinski definition) is 2. The first kappa shape index (κ1) is 14.2. The van der Waals surface area contributed by atoms with E-state index in [0.717, 1.165) is 11.4 Å². The van der Waals surface area contributed by atoms with Gasteiger partial charge in [-0.05, 0) is 61.0 Å². The Kier molecular flexibility index (Phi) is 4.06. The molecule has 1 heterocycles. The first-order valence-electron chi connectivity index (χ1n) is 6.10. The van der Waals surface area contributed by atoms with E-state index in [1.807, 2.05) is 12.3 Å². The SMILES string of the molecule is CC(C)(C)NCc1ccn(-c2ccc(F)cc2Br)n1. The lowest BCUT2D eigenvalue weighted by Gasteiger charge is -2.19. The third-order valence-corrected chi connectivity index (χ3v) is 3.24. The fraction of sp³-hybridized carbons (Fsp3) is 0.357. The Morgan fingerprint density at radius 3 is 2.68 bits per heavy atom. The average Bonchev–Trinajstić information content (AvgIpc) is 2.74. The van der Waals surface area contributed by atoms with E-state index < -0.39 is 0 Å². The van der Waals surface area contributed by atoms with Crippen LogP contribution in [0.25, 0.3) is 5.69 Å². The summed E-state index contributed by atoms with van der Waals surface area (Å²) in [7, 11) is 0. The predicted octanol–water partition coefficient (Wildman–Crippen LogP) is 3.66. The van der Waals surface area contributed by atoms with E-state index in [9.17, 15) is 4.39 Å². The molecule has 0 unspecified atom stereocenters. The molecule has 0 aliphatic rings. The van der Waals surface area contributed by atoms with E-state index >= 15 is 0 Å². The van der Waals surface area contributed by atoms with Crippen molar-refractivity contribution in [2.45, 2.75) is 32.9 Å². The highest BCUT2D eigenvalue weighted by molar-refractivity contribution is 9.10. The van der Waals surface area contributed by atoms with Gasteiger partial charge in [0.2, 0.25) is 0 Å². The Balaban J connectivity index is 2.16. The standard InChI is InChI=1S/C14H17BrFN3/c1-14(2,3)17-9-11-6-7-19(18-11)13-5-4-10(16)8-12(13)15/h4-8,17H,9H2,1-3H3. The summed E-state index contributed by atoms with van der Waals surface area (Å²) < 4.78 is 15.5. The molecule has 19 heavy (non-hydrogen) atoms. The van der Waals surface area contributed by atoms with Crippen molar-refractivity contribution in [3.63, 3.8) is 0 Å². The van der Waals surface area contributed by atoms with Crippen molar-refractivity contribution >= 4 is 15.9 Å². The monoisotopic (exact) mass is 325 g/mol. The number of rotatable bonds is 3. The highest BCUT2D eigenvalue weighted by atomic mass is 79.9. The summed E-state index contributed by atoms with van der Waals surface area (Å²) in [6, 6.07) is 6.51. The molecule has 0 aliphatic heterocycles. The van der Waals surface area contributed by atoms with E-state index in [1.165, 1.54) is 12.1 Å². The molecule has 0 saturated carbocycles. The summed E-state index contributed by atoms with van der Waals surface area (Å²) in [6.45, 7) is 7.04. The van der Waals surface area contributed by atoms with Gasteiger partial charge in [-0.1, -0.05) is 0 Å². The van der Waals surface area contributed by atoms with Crippen LogP contribution in [-0.2, 0) is 6.54 Å². The van der Waals surface area contributed by atoms with Crippen LogP contribution in [0, 0.1) is 5.82 Å². The zero-order valence-electron chi connectivity index (χ0n) is 11.2. The topological polar surface area (TPSA) is 29.9 Å². The number of benzene rings is 1. The zero-order chi connectivity index (χ0) is 14.0. The lowest BCUT2D eigenvalue weighted by atomic mass is 10.1. The maximum absolute atomic E-state index is 13.1. The van der Waals surface area contributed by atoms with Crippen LogP contribution in [0.4, 0.5) is 4.39 Å². The Labute approximate surface area is 121 Å². The molecule has 102 valence electrons. The summed E-state index contributed by atoms with van der Waals surface area (Å²) in [6.07, 6.45) is 1.87. The molecule has 0 radical (unpaired) electrons. The fourth-order valence-electron chi connectivity index (χ4n) is 1.61. The molecule has 0 saturated heterocycles. The lowest BCUT2D eigenvalue weighted by Crippen LogP contribution is -2.35. The van der Waals surface area contributed by atoms with Crippen molar-refractivity contribution in [1.82, 2.24) is 15.1 Å². The van der Waals surface area contributed by atoms with E-state index in [2.05, 4.69) is 47.1 Å². The van der Waals surface area contributed by atoms with Gasteiger partial charge in [0.1, 0.15) is 5.82 Å². The third kappa shape index (κ3) is 3.88. The number of aromatic nitrogens is 2. The van der Waals surface area contributed by atoms with E-state index in [0.29, 0.717) is 11.0 Å². The van der Waals surface area contributed by atoms with Crippen molar-refractivity contribution in [1.29, 1.82) is 0 Å². The highest BCUT2D eigenvalue weighted by Gasteiger charge is 2.10. The highest BCUT2D eigenvalue weighted by Crippen LogP contribution is 2.21. The van der Waals surface area contributed by atoms with Gasteiger partial charge in [0.05, 0.1) is 11.4 Å². The first-order valence-corrected chi connectivity index (χ1v) is 6.89. The molecule has 2 aromatic rings. The van der Waals surface area contributed by atoms with Crippen LogP contribution >= 0.6 is 15.9 Å². The lowest BCUT2D eigenvalue weighted by molar-refractivity contribution is 0.420. The van der Waals surface area contributed by atoms with Gasteiger partial charge in [0.15, 0.2) is 0 Å². The van der Waals surface area contributed by atoms with Crippen LogP contribution in [0.15, 0.2) is 34.9 Å². The molecule has 2 rings (SSSR count). The van der Waals surface area contributed by atoms with Crippen LogP contribution in [-0.4, -0.2) is 15.3 Å². The van der Waals surface area contributed by atoms with Crippen molar-refractivity contribution < 1.29 is 4.39 Å². The molecule has 1 aromatic heterocycles. The Morgan fingerprint density at radius 2 is 2.05 bits per heavy atom. The van der Waals surface area contributed by atoms with Gasteiger partial charge in [-0.2, -0.15) is 5.10 Å². The summed E-state index contributed by atoms with van der Waals surface area (Å²) in [5, 5.41) is 7.85. The summed E-state index contributed by atoms with van der Waals surface area (Å²) >= 11 is 3.35. The minimum absolute atomic E-state index is 0.0558. The number of halogens is 2. The molecule has 1 N–H and O–H groups in total. The number of hydrogen-bond donors (Lipinski definition) is 1. The van der Waals surface area contributed by atoms with E-state index in [4.69, 9.17) is 0 Å². The molecule has 0 spiro atoms. The van der Waals surface area contributed by atoms with Crippen LogP contribution in [0.1, 0.15) is 26.5 Å². The molecule has 0 bridgehead atoms. The second-order valence-electron chi connectivity index (χ2n) is 5.45. The van der Waals surface area contributed by atoms with E-state index in [-0.39, 0.29) is 11.4 Å². The fourth-order valence-corrected chi connectivity index (χ4v) is 2.15. The predicted molar refractivity (Wildman–Crippen MR) is 77.8 cm³/mol. The number of nitrogens with one attached hydrogen (secondary N) is 1. The second-order valence-corrected chi connectivity index (χ2v) is 6.31. The van der Waals surface area contributed by atoms with Crippen molar-refractivity contribution in [3.8, 4) is 5.69 Å². The average molecular weight is 326 g/mol. The quantitative estimate of drug-likeness (QED) is 0.933. The maximum atomic E-state index is 13.1. The normalized spacial score (nSPS) is 11.8. The minimum Gasteiger partial charge on any atom is -0.306 e. The van der Waals surface area contributed by atoms with Gasteiger partial charge in [-0.15, -0.1) is 0 Å². The van der Waals surface area contributed by atoms with Gasteiger partial charge in [-0.25, -0.2) is 9.07 Å². The Bertz CT molecular complexity index is 572. The Hall–Kier alpha value is -1.20. The number of nitrogens with zero attached hydrogens (tertiary/aromatic N) is 2. The smallest absolute Gasteiger partial charge is 0.124 e. The van der Waals surface area contributed by atoms with Crippen LogP contribution < -0.4 is 5.32 Å². The molecular formula is C14H17BrFN3. The summed E-state index contributed by atoms with van der Waals surface area (Å²) in [4.78, 5) is 0. The van der Waals surface area contributed by atoms with Crippen LogP contribution in [0.3, 0.4) is 0 Å². The largest absolute Gasteiger partial charge is 0.306 e. The van der Waals surface area contributed by atoms with Crippen molar-refractivity contribution in [3.05, 3.63) is 46.4 Å². The zero-order valence-corrected chi connectivity index (χ0v) is 12.8. The van der Waals surface area contributed by atoms with Gasteiger partial charge in [0, 0.05) is 22.8 Å². The van der Waals surface area contributed by atoms with Gasteiger partial charge >= 0.3 is 0 Å². The van der Waals surface area contributed by atoms with E-state index in [1.54, 1.807) is 10.7 Å². The molecule has 5 heteroatoms. The van der Waals surface area contributed by atoms with Gasteiger partial charge in [0.25, 0.3) is 0 Å². The molecule has 0 fully saturated rings. The second kappa shape index (κ2) is 5.43. The van der Waals surface area contributed by atoms with Gasteiger partial charge in [-0.3, -0.25) is 0 Å². The van der Waals surface area contributed by atoms with Crippen molar-refractivity contribution in [2.24, 2.45) is 0 Å². The molecule has 0 amide bonds. The Morgan fingerprint density at radius 1 is 1.32 bits per heavy atom. The molecule has 3 nitrogen and oxygen atoms in total. The summed E-state index contributed by atoms with van der Waals surface area (Å²) in [5.41, 5.74) is 1.83.